The van der Waals surface area contributed by atoms with Crippen LogP contribution < -0.4 is 14.8 Å². The van der Waals surface area contributed by atoms with Crippen LogP contribution in [0.5, 0.6) is 11.5 Å². The molecule has 2 rings (SSSR count). The van der Waals surface area contributed by atoms with E-state index in [2.05, 4.69) is 5.32 Å². The Balaban J connectivity index is 1.85. The standard InChI is InChI=1S/C15H23NO3/c1-18-14-7-6-11(8-15(14)19-2)9-16-10-12-4-3-5-13(12)17/h6-8,12-13,16-17H,3-5,9-10H2,1-2H3. The summed E-state index contributed by atoms with van der Waals surface area (Å²) >= 11 is 0. The molecule has 19 heavy (non-hydrogen) atoms. The van der Waals surface area contributed by atoms with Gasteiger partial charge in [0.1, 0.15) is 0 Å². The van der Waals surface area contributed by atoms with Crippen LogP contribution in [0, 0.1) is 5.92 Å². The summed E-state index contributed by atoms with van der Waals surface area (Å²) in [6, 6.07) is 5.93. The molecule has 0 saturated heterocycles. The van der Waals surface area contributed by atoms with E-state index >= 15 is 0 Å². The zero-order valence-corrected chi connectivity index (χ0v) is 11.7. The fourth-order valence-electron chi connectivity index (χ4n) is 2.65. The second-order valence-electron chi connectivity index (χ2n) is 5.08. The van der Waals surface area contributed by atoms with Gasteiger partial charge in [-0.3, -0.25) is 0 Å². The summed E-state index contributed by atoms with van der Waals surface area (Å²) in [5, 5.41) is 13.2. The number of hydrogen-bond acceptors (Lipinski definition) is 4. The minimum absolute atomic E-state index is 0.127. The Bertz CT molecular complexity index is 408. The number of hydrogen-bond donors (Lipinski definition) is 2. The Kier molecular flexibility index (Phi) is 5.05. The number of benzene rings is 1. The molecule has 4 heteroatoms. The van der Waals surface area contributed by atoms with Crippen molar-refractivity contribution >= 4 is 0 Å². The van der Waals surface area contributed by atoms with Gasteiger partial charge in [-0.25, -0.2) is 0 Å². The van der Waals surface area contributed by atoms with Crippen molar-refractivity contribution < 1.29 is 14.6 Å². The van der Waals surface area contributed by atoms with Gasteiger partial charge in [0.05, 0.1) is 20.3 Å². The Hall–Kier alpha value is -1.26. The van der Waals surface area contributed by atoms with Crippen molar-refractivity contribution in [3.05, 3.63) is 23.8 Å². The fourth-order valence-corrected chi connectivity index (χ4v) is 2.65. The van der Waals surface area contributed by atoms with Gasteiger partial charge in [0.2, 0.25) is 0 Å². The normalized spacial score (nSPS) is 22.5. The average Bonchev–Trinajstić information content (AvgIpc) is 2.84. The molecule has 0 aliphatic heterocycles. The first-order chi connectivity index (χ1) is 9.24. The van der Waals surface area contributed by atoms with E-state index in [0.29, 0.717) is 5.92 Å². The van der Waals surface area contributed by atoms with Crippen molar-refractivity contribution in [2.24, 2.45) is 5.92 Å². The van der Waals surface area contributed by atoms with E-state index in [0.717, 1.165) is 49.4 Å². The molecule has 1 saturated carbocycles. The van der Waals surface area contributed by atoms with E-state index in [4.69, 9.17) is 9.47 Å². The fraction of sp³-hybridized carbons (Fsp3) is 0.600. The Morgan fingerprint density at radius 2 is 2.00 bits per heavy atom. The Morgan fingerprint density at radius 3 is 2.63 bits per heavy atom. The van der Waals surface area contributed by atoms with E-state index in [1.54, 1.807) is 14.2 Å². The highest BCUT2D eigenvalue weighted by atomic mass is 16.5. The second kappa shape index (κ2) is 6.78. The summed E-state index contributed by atoms with van der Waals surface area (Å²) in [6.45, 7) is 1.65. The first kappa shape index (κ1) is 14.2. The third-order valence-corrected chi connectivity index (χ3v) is 3.80. The SMILES string of the molecule is COc1ccc(CNCC2CCCC2O)cc1OC. The van der Waals surface area contributed by atoms with Crippen LogP contribution >= 0.6 is 0 Å². The molecule has 2 N–H and O–H groups in total. The second-order valence-corrected chi connectivity index (χ2v) is 5.08. The lowest BCUT2D eigenvalue weighted by atomic mass is 10.1. The number of nitrogens with one attached hydrogen (secondary N) is 1. The molecule has 2 atom stereocenters. The minimum Gasteiger partial charge on any atom is -0.493 e. The van der Waals surface area contributed by atoms with Gasteiger partial charge in [0, 0.05) is 13.1 Å². The van der Waals surface area contributed by atoms with Crippen molar-refractivity contribution in [1.82, 2.24) is 5.32 Å². The van der Waals surface area contributed by atoms with Crippen molar-refractivity contribution in [3.8, 4) is 11.5 Å². The van der Waals surface area contributed by atoms with Crippen LogP contribution in [0.25, 0.3) is 0 Å². The van der Waals surface area contributed by atoms with Crippen LogP contribution in [-0.2, 0) is 6.54 Å². The molecule has 0 aromatic heterocycles. The highest BCUT2D eigenvalue weighted by Crippen LogP contribution is 2.28. The lowest BCUT2D eigenvalue weighted by Gasteiger charge is -2.15. The number of rotatable bonds is 6. The first-order valence-corrected chi connectivity index (χ1v) is 6.84. The van der Waals surface area contributed by atoms with Crippen LogP contribution in [0.1, 0.15) is 24.8 Å². The van der Waals surface area contributed by atoms with Gasteiger partial charge in [-0.2, -0.15) is 0 Å². The topological polar surface area (TPSA) is 50.7 Å². The van der Waals surface area contributed by atoms with Crippen LogP contribution in [0.15, 0.2) is 18.2 Å². The van der Waals surface area contributed by atoms with E-state index in [-0.39, 0.29) is 6.10 Å². The number of aliphatic hydroxyl groups is 1. The van der Waals surface area contributed by atoms with Crippen molar-refractivity contribution in [2.75, 3.05) is 20.8 Å². The highest BCUT2D eigenvalue weighted by Gasteiger charge is 2.24. The molecule has 1 aromatic carbocycles. The number of ether oxygens (including phenoxy) is 2. The van der Waals surface area contributed by atoms with E-state index in [1.165, 1.54) is 0 Å². The molecule has 0 heterocycles. The molecule has 1 aliphatic rings. The van der Waals surface area contributed by atoms with Crippen molar-refractivity contribution in [3.63, 3.8) is 0 Å². The van der Waals surface area contributed by atoms with Gasteiger partial charge in [-0.15, -0.1) is 0 Å². The predicted octanol–water partition coefficient (Wildman–Crippen LogP) is 1.95. The molecule has 106 valence electrons. The zero-order chi connectivity index (χ0) is 13.7. The summed E-state index contributed by atoms with van der Waals surface area (Å²) in [5.74, 6) is 1.90. The third kappa shape index (κ3) is 3.61. The largest absolute Gasteiger partial charge is 0.493 e. The van der Waals surface area contributed by atoms with Crippen LogP contribution in [0.2, 0.25) is 0 Å². The van der Waals surface area contributed by atoms with Crippen LogP contribution in [0.4, 0.5) is 0 Å². The van der Waals surface area contributed by atoms with Crippen LogP contribution in [-0.4, -0.2) is 32.0 Å². The van der Waals surface area contributed by atoms with Gasteiger partial charge in [-0.05, 0) is 36.5 Å². The quantitative estimate of drug-likeness (QED) is 0.825. The van der Waals surface area contributed by atoms with E-state index in [9.17, 15) is 5.11 Å². The summed E-state index contributed by atoms with van der Waals surface area (Å²) in [5.41, 5.74) is 1.16. The van der Waals surface area contributed by atoms with E-state index < -0.39 is 0 Å². The van der Waals surface area contributed by atoms with Gasteiger partial charge >= 0.3 is 0 Å². The smallest absolute Gasteiger partial charge is 0.161 e. The molecule has 2 unspecified atom stereocenters. The zero-order valence-electron chi connectivity index (χ0n) is 11.7. The molecule has 1 fully saturated rings. The van der Waals surface area contributed by atoms with Gasteiger partial charge in [0.25, 0.3) is 0 Å². The number of methoxy groups -OCH3 is 2. The molecular weight excluding hydrogens is 242 g/mol. The predicted molar refractivity (Wildman–Crippen MR) is 74.6 cm³/mol. The third-order valence-electron chi connectivity index (χ3n) is 3.80. The summed E-state index contributed by atoms with van der Waals surface area (Å²) < 4.78 is 10.5. The Labute approximate surface area is 114 Å². The molecule has 0 bridgehead atoms. The molecule has 1 aliphatic carbocycles. The average molecular weight is 265 g/mol. The molecule has 0 radical (unpaired) electrons. The highest BCUT2D eigenvalue weighted by molar-refractivity contribution is 5.42. The minimum atomic E-state index is -0.127. The monoisotopic (exact) mass is 265 g/mol. The first-order valence-electron chi connectivity index (χ1n) is 6.84. The molecule has 0 spiro atoms. The maximum atomic E-state index is 9.76. The summed E-state index contributed by atoms with van der Waals surface area (Å²) in [4.78, 5) is 0. The summed E-state index contributed by atoms with van der Waals surface area (Å²) in [6.07, 6.45) is 3.09. The van der Waals surface area contributed by atoms with Crippen molar-refractivity contribution in [1.29, 1.82) is 0 Å². The Morgan fingerprint density at radius 1 is 1.21 bits per heavy atom. The number of aliphatic hydroxyl groups excluding tert-OH is 1. The molecule has 4 nitrogen and oxygen atoms in total. The molecular formula is C15H23NO3. The lowest BCUT2D eigenvalue weighted by Crippen LogP contribution is -2.27. The summed E-state index contributed by atoms with van der Waals surface area (Å²) in [7, 11) is 3.28. The lowest BCUT2D eigenvalue weighted by molar-refractivity contribution is 0.131. The van der Waals surface area contributed by atoms with Gasteiger partial charge in [0.15, 0.2) is 11.5 Å². The van der Waals surface area contributed by atoms with Gasteiger partial charge in [-0.1, -0.05) is 12.5 Å². The van der Waals surface area contributed by atoms with Crippen LogP contribution in [0.3, 0.4) is 0 Å². The molecule has 0 amide bonds. The van der Waals surface area contributed by atoms with E-state index in [1.807, 2.05) is 18.2 Å². The van der Waals surface area contributed by atoms with Gasteiger partial charge < -0.3 is 19.9 Å². The van der Waals surface area contributed by atoms with Crippen molar-refractivity contribution in [2.45, 2.75) is 31.9 Å². The maximum Gasteiger partial charge on any atom is 0.161 e. The molecule has 1 aromatic rings. The maximum absolute atomic E-state index is 9.76.